The molecule has 0 aromatic heterocycles. The van der Waals surface area contributed by atoms with Crippen molar-refractivity contribution < 1.29 is 10.0 Å². The van der Waals surface area contributed by atoms with Gasteiger partial charge in [-0.15, -0.1) is 0 Å². The van der Waals surface area contributed by atoms with Crippen LogP contribution in [0.3, 0.4) is 0 Å². The number of phenols is 1. The third-order valence-electron chi connectivity index (χ3n) is 2.46. The van der Waals surface area contributed by atoms with Crippen molar-refractivity contribution in [2.75, 3.05) is 5.43 Å². The molecule has 102 valence electrons. The van der Waals surface area contributed by atoms with E-state index >= 15 is 0 Å². The average Bonchev–Trinajstić information content (AvgIpc) is 2.43. The smallest absolute Gasteiger partial charge is 0.269 e. The van der Waals surface area contributed by atoms with Crippen molar-refractivity contribution in [1.29, 1.82) is 0 Å². The van der Waals surface area contributed by atoms with Crippen LogP contribution in [0.25, 0.3) is 0 Å². The summed E-state index contributed by atoms with van der Waals surface area (Å²) in [6.07, 6.45) is 1.49. The van der Waals surface area contributed by atoms with Crippen LogP contribution in [0.5, 0.6) is 5.75 Å². The quantitative estimate of drug-likeness (QED) is 0.367. The molecule has 2 N–H and O–H groups in total. The molecule has 0 aliphatic carbocycles. The fourth-order valence-electron chi connectivity index (χ4n) is 1.46. The minimum absolute atomic E-state index is 0.0230. The highest BCUT2D eigenvalue weighted by Gasteiger charge is 2.03. The zero-order valence-electron chi connectivity index (χ0n) is 10.2. The Morgan fingerprint density at radius 1 is 1.25 bits per heavy atom. The van der Waals surface area contributed by atoms with Gasteiger partial charge in [-0.3, -0.25) is 15.5 Å². The Morgan fingerprint density at radius 2 is 1.95 bits per heavy atom. The molecule has 0 aliphatic heterocycles. The first-order valence-electron chi connectivity index (χ1n) is 5.58. The van der Waals surface area contributed by atoms with Crippen LogP contribution in [-0.2, 0) is 0 Å². The lowest BCUT2D eigenvalue weighted by atomic mass is 10.2. The topological polar surface area (TPSA) is 87.8 Å². The van der Waals surface area contributed by atoms with Crippen molar-refractivity contribution in [3.05, 3.63) is 61.7 Å². The first kappa shape index (κ1) is 14.3. The number of nitrogens with one attached hydrogen (secondary N) is 1. The van der Waals surface area contributed by atoms with E-state index in [4.69, 9.17) is 0 Å². The number of nitrogens with zero attached hydrogens (tertiary/aromatic N) is 2. The molecule has 2 rings (SSSR count). The number of hydrogen-bond acceptors (Lipinski definition) is 5. The van der Waals surface area contributed by atoms with Gasteiger partial charge in [0.25, 0.3) is 5.69 Å². The molecule has 0 saturated heterocycles. The predicted molar refractivity (Wildman–Crippen MR) is 85.1 cm³/mol. The summed E-state index contributed by atoms with van der Waals surface area (Å²) in [6, 6.07) is 11.1. The minimum atomic E-state index is -0.461. The number of anilines is 1. The average molecular weight is 383 g/mol. The zero-order chi connectivity index (χ0) is 14.5. The summed E-state index contributed by atoms with van der Waals surface area (Å²) in [5.41, 5.74) is 3.97. The van der Waals surface area contributed by atoms with Crippen molar-refractivity contribution in [3.63, 3.8) is 0 Å². The highest BCUT2D eigenvalue weighted by Crippen LogP contribution is 2.18. The second-order valence-corrected chi connectivity index (χ2v) is 5.12. The Kier molecular flexibility index (Phi) is 4.51. The van der Waals surface area contributed by atoms with Gasteiger partial charge in [0.05, 0.1) is 16.8 Å². The molecule has 2 aromatic rings. The molecule has 0 saturated carbocycles. The summed E-state index contributed by atoms with van der Waals surface area (Å²) in [5, 5.41) is 24.1. The number of nitro groups is 1. The lowest BCUT2D eigenvalue weighted by Gasteiger charge is -2.01. The molecule has 0 aliphatic rings. The summed E-state index contributed by atoms with van der Waals surface area (Å²) >= 11 is 2.14. The zero-order valence-corrected chi connectivity index (χ0v) is 12.3. The van der Waals surface area contributed by atoms with Crippen LogP contribution < -0.4 is 5.43 Å². The summed E-state index contributed by atoms with van der Waals surface area (Å²) in [5.74, 6) is 0.139. The molecule has 0 spiro atoms. The molecule has 2 aromatic carbocycles. The molecule has 0 radical (unpaired) electrons. The van der Waals surface area contributed by atoms with Gasteiger partial charge >= 0.3 is 0 Å². The van der Waals surface area contributed by atoms with Gasteiger partial charge in [-0.1, -0.05) is 0 Å². The summed E-state index contributed by atoms with van der Waals surface area (Å²) < 4.78 is 0.984. The maximum absolute atomic E-state index is 10.5. The van der Waals surface area contributed by atoms with E-state index in [1.165, 1.54) is 18.3 Å². The Balaban J connectivity index is 2.06. The second-order valence-electron chi connectivity index (χ2n) is 3.88. The van der Waals surface area contributed by atoms with Crippen LogP contribution >= 0.6 is 22.6 Å². The van der Waals surface area contributed by atoms with Crippen LogP contribution in [-0.4, -0.2) is 16.2 Å². The van der Waals surface area contributed by atoms with Gasteiger partial charge < -0.3 is 5.11 Å². The van der Waals surface area contributed by atoms with E-state index < -0.39 is 4.92 Å². The SMILES string of the molecule is O=[N+]([O-])c1ccc(N/N=C\c2cc(I)ccc2O)cc1. The van der Waals surface area contributed by atoms with E-state index in [1.54, 1.807) is 30.3 Å². The van der Waals surface area contributed by atoms with Crippen molar-refractivity contribution in [1.82, 2.24) is 0 Å². The third-order valence-corrected chi connectivity index (χ3v) is 3.14. The number of nitro benzene ring substituents is 1. The van der Waals surface area contributed by atoms with Gasteiger partial charge in [-0.05, 0) is 52.9 Å². The molecule has 20 heavy (non-hydrogen) atoms. The van der Waals surface area contributed by atoms with E-state index in [0.29, 0.717) is 11.3 Å². The van der Waals surface area contributed by atoms with Crippen LogP contribution in [0.15, 0.2) is 47.6 Å². The molecule has 7 heteroatoms. The Morgan fingerprint density at radius 3 is 2.60 bits per heavy atom. The molecule has 0 heterocycles. The number of hydrogen-bond donors (Lipinski definition) is 2. The van der Waals surface area contributed by atoms with Gasteiger partial charge in [0.15, 0.2) is 0 Å². The first-order chi connectivity index (χ1) is 9.56. The molecular weight excluding hydrogens is 373 g/mol. The molecule has 0 amide bonds. The molecule has 6 nitrogen and oxygen atoms in total. The molecule has 0 bridgehead atoms. The van der Waals surface area contributed by atoms with Crippen LogP contribution in [0.2, 0.25) is 0 Å². The fraction of sp³-hybridized carbons (Fsp3) is 0. The fourth-order valence-corrected chi connectivity index (χ4v) is 1.98. The molecule has 0 unspecified atom stereocenters. The minimum Gasteiger partial charge on any atom is -0.507 e. The van der Waals surface area contributed by atoms with E-state index in [-0.39, 0.29) is 11.4 Å². The van der Waals surface area contributed by atoms with Crippen LogP contribution in [0.4, 0.5) is 11.4 Å². The maximum Gasteiger partial charge on any atom is 0.269 e. The van der Waals surface area contributed by atoms with E-state index in [2.05, 4.69) is 33.1 Å². The molecular formula is C13H10IN3O3. The van der Waals surface area contributed by atoms with E-state index in [1.807, 2.05) is 0 Å². The lowest BCUT2D eigenvalue weighted by molar-refractivity contribution is -0.384. The van der Waals surface area contributed by atoms with Crippen LogP contribution in [0.1, 0.15) is 5.56 Å². The Labute approximate surface area is 128 Å². The predicted octanol–water partition coefficient (Wildman–Crippen LogP) is 3.35. The molecule has 0 fully saturated rings. The van der Waals surface area contributed by atoms with Crippen molar-refractivity contribution in [3.8, 4) is 5.75 Å². The second kappa shape index (κ2) is 6.33. The first-order valence-corrected chi connectivity index (χ1v) is 6.66. The highest BCUT2D eigenvalue weighted by atomic mass is 127. The normalized spacial score (nSPS) is 10.7. The maximum atomic E-state index is 10.5. The monoisotopic (exact) mass is 383 g/mol. The number of non-ortho nitro benzene ring substituents is 1. The summed E-state index contributed by atoms with van der Waals surface area (Å²) in [7, 11) is 0. The number of aromatic hydroxyl groups is 1. The van der Waals surface area contributed by atoms with Gasteiger partial charge in [-0.25, -0.2) is 0 Å². The molecule has 0 atom stereocenters. The third kappa shape index (κ3) is 3.67. The number of phenolic OH excluding ortho intramolecular Hbond substituents is 1. The standard InChI is InChI=1S/C13H10IN3O3/c14-10-1-6-13(18)9(7-10)8-15-16-11-2-4-12(5-3-11)17(19)20/h1-8,16,18H/b15-8-. The number of hydrazone groups is 1. The highest BCUT2D eigenvalue weighted by molar-refractivity contribution is 14.1. The van der Waals surface area contributed by atoms with Crippen molar-refractivity contribution >= 4 is 40.2 Å². The largest absolute Gasteiger partial charge is 0.507 e. The Hall–Kier alpha value is -2.16. The van der Waals surface area contributed by atoms with Gasteiger partial charge in [0.2, 0.25) is 0 Å². The van der Waals surface area contributed by atoms with Crippen molar-refractivity contribution in [2.24, 2.45) is 5.10 Å². The van der Waals surface area contributed by atoms with Crippen molar-refractivity contribution in [2.45, 2.75) is 0 Å². The number of halogens is 1. The van der Waals surface area contributed by atoms with Gasteiger partial charge in [0, 0.05) is 21.3 Å². The summed E-state index contributed by atoms with van der Waals surface area (Å²) in [4.78, 5) is 10.0. The van der Waals surface area contributed by atoms with Gasteiger partial charge in [0.1, 0.15) is 5.75 Å². The Bertz CT molecular complexity index is 656. The van der Waals surface area contributed by atoms with Crippen LogP contribution in [0, 0.1) is 13.7 Å². The number of rotatable bonds is 4. The van der Waals surface area contributed by atoms with E-state index in [9.17, 15) is 15.2 Å². The summed E-state index contributed by atoms with van der Waals surface area (Å²) in [6.45, 7) is 0. The lowest BCUT2D eigenvalue weighted by Crippen LogP contribution is -1.92. The number of benzene rings is 2. The van der Waals surface area contributed by atoms with E-state index in [0.717, 1.165) is 3.57 Å². The van der Waals surface area contributed by atoms with Gasteiger partial charge in [-0.2, -0.15) is 5.10 Å².